The lowest BCUT2D eigenvalue weighted by Gasteiger charge is -2.46. The van der Waals surface area contributed by atoms with Gasteiger partial charge in [0, 0.05) is 61.3 Å². The summed E-state index contributed by atoms with van der Waals surface area (Å²) in [5.74, 6) is -0.587. The van der Waals surface area contributed by atoms with Gasteiger partial charge in [0.15, 0.2) is 5.54 Å². The van der Waals surface area contributed by atoms with Crippen LogP contribution in [0.5, 0.6) is 17.2 Å². The Hall–Kier alpha value is -5.19. The molecule has 0 saturated carbocycles. The molecule has 1 fully saturated rings. The van der Waals surface area contributed by atoms with Crippen molar-refractivity contribution in [3.8, 4) is 23.3 Å². The second kappa shape index (κ2) is 12.5. The molecule has 3 heterocycles. The fraction of sp³-hybridized carbons (Fsp3) is 0.265. The number of piperazine rings is 1. The number of para-hydroxylation sites is 1. The van der Waals surface area contributed by atoms with Crippen molar-refractivity contribution in [1.29, 1.82) is 5.26 Å². The number of benzene rings is 3. The Labute approximate surface area is 272 Å². The van der Waals surface area contributed by atoms with Crippen LogP contribution in [0.25, 0.3) is 0 Å². The Balaban J connectivity index is 1.57. The van der Waals surface area contributed by atoms with Gasteiger partial charge in [0.2, 0.25) is 5.95 Å². The summed E-state index contributed by atoms with van der Waals surface area (Å²) in [4.78, 5) is 22.6. The van der Waals surface area contributed by atoms with E-state index < -0.39 is 27.4 Å². The van der Waals surface area contributed by atoms with Crippen molar-refractivity contribution < 1.29 is 31.8 Å². The van der Waals surface area contributed by atoms with E-state index in [0.29, 0.717) is 48.0 Å². The van der Waals surface area contributed by atoms with E-state index in [2.05, 4.69) is 11.1 Å². The van der Waals surface area contributed by atoms with Crippen molar-refractivity contribution in [3.05, 3.63) is 102 Å². The first-order valence-electron chi connectivity index (χ1n) is 14.9. The minimum Gasteiger partial charge on any atom is -0.497 e. The molecule has 1 saturated heterocycles. The molecule has 3 aromatic carbocycles. The molecule has 4 aromatic rings. The van der Waals surface area contributed by atoms with Crippen molar-refractivity contribution in [2.24, 2.45) is 0 Å². The Bertz CT molecular complexity index is 1990. The number of hydrogen-bond acceptors (Lipinski definition) is 10. The van der Waals surface area contributed by atoms with Crippen molar-refractivity contribution in [2.45, 2.75) is 17.4 Å². The first kappa shape index (κ1) is 31.8. The number of amides is 1. The van der Waals surface area contributed by atoms with Crippen molar-refractivity contribution in [1.82, 2.24) is 9.88 Å². The second-order valence-corrected chi connectivity index (χ2v) is 12.6. The number of nitriles is 1. The Morgan fingerprint density at radius 1 is 0.936 bits per heavy atom. The Kier molecular flexibility index (Phi) is 8.48. The minimum absolute atomic E-state index is 0.00208. The molecule has 47 heavy (non-hydrogen) atoms. The van der Waals surface area contributed by atoms with E-state index in [4.69, 9.17) is 14.2 Å². The lowest BCUT2D eigenvalue weighted by Crippen LogP contribution is -2.60. The maximum Gasteiger partial charge on any atom is 0.274 e. The van der Waals surface area contributed by atoms with Gasteiger partial charge in [0.05, 0.1) is 38.1 Å². The van der Waals surface area contributed by atoms with Gasteiger partial charge in [-0.25, -0.2) is 17.7 Å². The topological polar surface area (TPSA) is 125 Å². The van der Waals surface area contributed by atoms with Crippen LogP contribution in [0.15, 0.2) is 83.9 Å². The fourth-order valence-electron chi connectivity index (χ4n) is 6.44. The predicted octanol–water partition coefficient (Wildman–Crippen LogP) is 4.31. The highest BCUT2D eigenvalue weighted by Crippen LogP contribution is 2.53. The largest absolute Gasteiger partial charge is 0.497 e. The molecule has 13 heteroatoms. The van der Waals surface area contributed by atoms with E-state index in [1.165, 1.54) is 56.8 Å². The summed E-state index contributed by atoms with van der Waals surface area (Å²) in [6.07, 6.45) is 1.40. The van der Waals surface area contributed by atoms with Crippen LogP contribution in [0.2, 0.25) is 0 Å². The number of carbonyl (C=O) groups is 1. The third-order valence-electron chi connectivity index (χ3n) is 8.52. The quantitative estimate of drug-likeness (QED) is 0.241. The van der Waals surface area contributed by atoms with Gasteiger partial charge in [-0.3, -0.25) is 9.69 Å². The van der Waals surface area contributed by atoms with Crippen LogP contribution in [-0.4, -0.2) is 71.2 Å². The van der Waals surface area contributed by atoms with Crippen molar-refractivity contribution in [3.63, 3.8) is 0 Å². The standard InChI is InChI=1S/C34H32FN5O6S/c1-4-46-29-8-6-5-7-26(29)34(39-17-15-38(16-18-39)24-13-14-37-32(35)20-24)27-19-23(22-36)9-11-28(27)40(33(34)41)47(42,43)31-12-10-25(44-2)21-30(31)45-3/h5-14,19-21H,4,15-18H2,1-3H3. The van der Waals surface area contributed by atoms with Crippen LogP contribution in [-0.2, 0) is 20.4 Å². The van der Waals surface area contributed by atoms with E-state index in [1.807, 2.05) is 16.7 Å². The summed E-state index contributed by atoms with van der Waals surface area (Å²) in [6, 6.07) is 21.0. The molecule has 2 aliphatic rings. The molecule has 1 amide bonds. The highest BCUT2D eigenvalue weighted by molar-refractivity contribution is 7.93. The fourth-order valence-corrected chi connectivity index (χ4v) is 8.04. The zero-order valence-electron chi connectivity index (χ0n) is 26.0. The van der Waals surface area contributed by atoms with Crippen molar-refractivity contribution >= 4 is 27.3 Å². The number of sulfonamides is 1. The molecule has 1 atom stereocenters. The number of aromatic nitrogens is 1. The molecule has 0 aliphatic carbocycles. The van der Waals surface area contributed by atoms with E-state index in [9.17, 15) is 18.1 Å². The summed E-state index contributed by atoms with van der Waals surface area (Å²) < 4.78 is 60.9. The lowest BCUT2D eigenvalue weighted by atomic mass is 9.80. The molecule has 1 aromatic heterocycles. The highest BCUT2D eigenvalue weighted by Gasteiger charge is 2.61. The third kappa shape index (κ3) is 5.19. The van der Waals surface area contributed by atoms with E-state index in [0.717, 1.165) is 4.31 Å². The first-order valence-corrected chi connectivity index (χ1v) is 16.3. The molecule has 11 nitrogen and oxygen atoms in total. The normalized spacial score (nSPS) is 18.1. The van der Waals surface area contributed by atoms with Gasteiger partial charge in [0.25, 0.3) is 15.9 Å². The maximum absolute atomic E-state index is 15.3. The Morgan fingerprint density at radius 2 is 1.70 bits per heavy atom. The van der Waals surface area contributed by atoms with Gasteiger partial charge >= 0.3 is 0 Å². The molecular weight excluding hydrogens is 625 g/mol. The SMILES string of the molecule is CCOc1ccccc1C1(N2CCN(c3ccnc(F)c3)CC2)C(=O)N(S(=O)(=O)c2ccc(OC)cc2OC)c2ccc(C#N)cc21. The average molecular weight is 658 g/mol. The smallest absolute Gasteiger partial charge is 0.274 e. The van der Waals surface area contributed by atoms with Gasteiger partial charge in [-0.1, -0.05) is 18.2 Å². The zero-order valence-corrected chi connectivity index (χ0v) is 26.8. The maximum atomic E-state index is 15.3. The van der Waals surface area contributed by atoms with E-state index in [1.54, 1.807) is 36.4 Å². The van der Waals surface area contributed by atoms with Crippen LogP contribution in [0.1, 0.15) is 23.6 Å². The van der Waals surface area contributed by atoms with Gasteiger partial charge in [-0.2, -0.15) is 9.65 Å². The number of ether oxygens (including phenoxy) is 3. The van der Waals surface area contributed by atoms with Gasteiger partial charge in [0.1, 0.15) is 22.1 Å². The number of methoxy groups -OCH3 is 2. The molecule has 1 unspecified atom stereocenters. The lowest BCUT2D eigenvalue weighted by molar-refractivity contribution is -0.127. The van der Waals surface area contributed by atoms with Gasteiger partial charge in [-0.05, 0) is 49.4 Å². The molecule has 0 N–H and O–H groups in total. The Morgan fingerprint density at radius 3 is 2.38 bits per heavy atom. The predicted molar refractivity (Wildman–Crippen MR) is 172 cm³/mol. The number of fused-ring (bicyclic) bond motifs is 1. The molecular formula is C34H32FN5O6S. The molecule has 0 radical (unpaired) electrons. The number of anilines is 2. The highest BCUT2D eigenvalue weighted by atomic mass is 32.2. The van der Waals surface area contributed by atoms with Crippen LogP contribution < -0.4 is 23.4 Å². The van der Waals surface area contributed by atoms with E-state index in [-0.39, 0.29) is 35.0 Å². The van der Waals surface area contributed by atoms with Crippen LogP contribution in [0, 0.1) is 17.3 Å². The molecule has 0 spiro atoms. The molecule has 0 bridgehead atoms. The molecule has 6 rings (SSSR count). The van der Waals surface area contributed by atoms with Crippen molar-refractivity contribution in [2.75, 3.05) is 56.2 Å². The summed E-state index contributed by atoms with van der Waals surface area (Å²) >= 11 is 0. The van der Waals surface area contributed by atoms with Gasteiger partial charge in [-0.15, -0.1) is 0 Å². The number of hydrogen-bond donors (Lipinski definition) is 0. The summed E-state index contributed by atoms with van der Waals surface area (Å²) in [7, 11) is -1.81. The number of rotatable bonds is 9. The van der Waals surface area contributed by atoms with Crippen LogP contribution in [0.4, 0.5) is 15.8 Å². The summed E-state index contributed by atoms with van der Waals surface area (Å²) in [5.41, 5.74) is 0.0515. The second-order valence-electron chi connectivity index (χ2n) is 10.9. The zero-order chi connectivity index (χ0) is 33.3. The van der Waals surface area contributed by atoms with Gasteiger partial charge < -0.3 is 19.1 Å². The average Bonchev–Trinajstić information content (AvgIpc) is 3.36. The van der Waals surface area contributed by atoms with E-state index >= 15 is 4.79 Å². The first-order chi connectivity index (χ1) is 22.7. The molecule has 2 aliphatic heterocycles. The minimum atomic E-state index is -4.60. The van der Waals surface area contributed by atoms with Crippen LogP contribution >= 0.6 is 0 Å². The number of nitrogens with zero attached hydrogens (tertiary/aromatic N) is 5. The summed E-state index contributed by atoms with van der Waals surface area (Å²) in [6.45, 7) is 3.46. The molecule has 242 valence electrons. The number of halogens is 1. The number of pyridine rings is 1. The number of carbonyl (C=O) groups excluding carboxylic acids is 1. The monoisotopic (exact) mass is 657 g/mol. The van der Waals surface area contributed by atoms with Crippen LogP contribution in [0.3, 0.4) is 0 Å². The summed E-state index contributed by atoms with van der Waals surface area (Å²) in [5, 5.41) is 9.95. The third-order valence-corrected chi connectivity index (χ3v) is 10.3.